The van der Waals surface area contributed by atoms with Gasteiger partial charge in [-0.1, -0.05) is 25.3 Å². The van der Waals surface area contributed by atoms with Gasteiger partial charge in [0.2, 0.25) is 10.0 Å². The number of amides is 1. The lowest BCUT2D eigenvalue weighted by Gasteiger charge is -2.30. The minimum Gasteiger partial charge on any atom is -0.494 e. The Labute approximate surface area is 172 Å². The first-order valence-corrected chi connectivity index (χ1v) is 11.5. The van der Waals surface area contributed by atoms with Gasteiger partial charge in [-0.25, -0.2) is 8.42 Å². The van der Waals surface area contributed by atoms with E-state index < -0.39 is 10.0 Å². The van der Waals surface area contributed by atoms with Crippen molar-refractivity contribution in [3.63, 3.8) is 0 Å². The second-order valence-corrected chi connectivity index (χ2v) is 9.25. The van der Waals surface area contributed by atoms with Gasteiger partial charge in [-0.05, 0) is 62.2 Å². The highest BCUT2D eigenvalue weighted by molar-refractivity contribution is 7.89. The Balaban J connectivity index is 1.69. The fraction of sp³-hybridized carbons (Fsp3) is 0.409. The van der Waals surface area contributed by atoms with E-state index in [2.05, 4.69) is 5.32 Å². The van der Waals surface area contributed by atoms with Crippen molar-refractivity contribution in [2.45, 2.75) is 50.0 Å². The zero-order chi connectivity index (χ0) is 20.9. The van der Waals surface area contributed by atoms with Gasteiger partial charge in [0.25, 0.3) is 5.91 Å². The second-order valence-electron chi connectivity index (χ2n) is 7.25. The molecule has 2 aromatic rings. The Morgan fingerprint density at radius 1 is 1.10 bits per heavy atom. The number of hydrogen-bond acceptors (Lipinski definition) is 4. The number of ether oxygens (including phenoxy) is 1. The monoisotopic (exact) mass is 416 g/mol. The molecule has 0 heterocycles. The lowest BCUT2D eigenvalue weighted by Crippen LogP contribution is -2.38. The average Bonchev–Trinajstić information content (AvgIpc) is 2.74. The molecule has 0 radical (unpaired) electrons. The summed E-state index contributed by atoms with van der Waals surface area (Å²) in [6.07, 6.45) is 5.13. The first kappa shape index (κ1) is 21.3. The molecule has 2 aromatic carbocycles. The molecular formula is C22H28N2O4S. The fourth-order valence-corrected chi connectivity index (χ4v) is 5.03. The Bertz CT molecular complexity index is 936. The summed E-state index contributed by atoms with van der Waals surface area (Å²) >= 11 is 0. The van der Waals surface area contributed by atoms with Gasteiger partial charge in [-0.15, -0.1) is 0 Å². The van der Waals surface area contributed by atoms with Crippen molar-refractivity contribution in [2.24, 2.45) is 0 Å². The van der Waals surface area contributed by atoms with E-state index in [9.17, 15) is 13.2 Å². The van der Waals surface area contributed by atoms with Crippen LogP contribution in [0.1, 0.15) is 49.4 Å². The predicted molar refractivity (Wildman–Crippen MR) is 114 cm³/mol. The van der Waals surface area contributed by atoms with Crippen molar-refractivity contribution < 1.29 is 17.9 Å². The van der Waals surface area contributed by atoms with Gasteiger partial charge in [-0.2, -0.15) is 4.31 Å². The molecule has 0 aromatic heterocycles. The quantitative estimate of drug-likeness (QED) is 0.730. The number of benzene rings is 2. The third kappa shape index (κ3) is 5.16. The van der Waals surface area contributed by atoms with Crippen LogP contribution in [0.5, 0.6) is 5.75 Å². The molecular weight excluding hydrogens is 388 g/mol. The van der Waals surface area contributed by atoms with E-state index in [0.717, 1.165) is 25.7 Å². The molecule has 1 fully saturated rings. The van der Waals surface area contributed by atoms with Crippen molar-refractivity contribution in [1.82, 2.24) is 4.31 Å². The largest absolute Gasteiger partial charge is 0.494 e. The number of hydrogen-bond donors (Lipinski definition) is 1. The summed E-state index contributed by atoms with van der Waals surface area (Å²) in [4.78, 5) is 12.7. The molecule has 0 unspecified atom stereocenters. The maximum atomic E-state index is 12.9. The van der Waals surface area contributed by atoms with Crippen LogP contribution >= 0.6 is 0 Å². The Morgan fingerprint density at radius 2 is 1.79 bits per heavy atom. The maximum Gasteiger partial charge on any atom is 0.255 e. The lowest BCUT2D eigenvalue weighted by molar-refractivity contribution is 0.102. The Morgan fingerprint density at radius 3 is 2.45 bits per heavy atom. The molecule has 0 atom stereocenters. The molecule has 1 aliphatic rings. The predicted octanol–water partition coefficient (Wildman–Crippen LogP) is 4.29. The molecule has 1 amide bonds. The minimum atomic E-state index is -3.54. The number of rotatable bonds is 7. The maximum absolute atomic E-state index is 12.9. The first-order valence-electron chi connectivity index (χ1n) is 10.0. The highest BCUT2D eigenvalue weighted by Gasteiger charge is 2.28. The number of carbonyl (C=O) groups excluding carboxylic acids is 1. The molecule has 7 heteroatoms. The van der Waals surface area contributed by atoms with Crippen LogP contribution in [0.25, 0.3) is 0 Å². The number of nitrogens with zero attached hydrogens (tertiary/aromatic N) is 1. The molecule has 3 rings (SSSR count). The summed E-state index contributed by atoms with van der Waals surface area (Å²) in [6, 6.07) is 13.3. The van der Waals surface area contributed by atoms with Gasteiger partial charge >= 0.3 is 0 Å². The van der Waals surface area contributed by atoms with Gasteiger partial charge in [0, 0.05) is 24.3 Å². The SMILES string of the molecule is CCOc1cccc(C(=O)Nc2ccc(S(=O)(=O)N(C)C3CCCCC3)cc2)c1. The van der Waals surface area contributed by atoms with Crippen molar-refractivity contribution in [3.05, 3.63) is 54.1 Å². The molecule has 29 heavy (non-hydrogen) atoms. The molecule has 0 saturated heterocycles. The highest BCUT2D eigenvalue weighted by atomic mass is 32.2. The van der Waals surface area contributed by atoms with E-state index in [0.29, 0.717) is 23.6 Å². The molecule has 6 nitrogen and oxygen atoms in total. The summed E-state index contributed by atoms with van der Waals surface area (Å²) in [5, 5.41) is 2.80. The van der Waals surface area contributed by atoms with Gasteiger partial charge in [0.1, 0.15) is 5.75 Å². The lowest BCUT2D eigenvalue weighted by atomic mass is 9.96. The van der Waals surface area contributed by atoms with Crippen molar-refractivity contribution in [2.75, 3.05) is 19.0 Å². The van der Waals surface area contributed by atoms with Gasteiger partial charge in [-0.3, -0.25) is 4.79 Å². The van der Waals surface area contributed by atoms with Crippen LogP contribution in [-0.2, 0) is 10.0 Å². The second kappa shape index (κ2) is 9.41. The fourth-order valence-electron chi connectivity index (χ4n) is 3.61. The van der Waals surface area contributed by atoms with Crippen molar-refractivity contribution in [3.8, 4) is 5.75 Å². The molecule has 1 N–H and O–H groups in total. The summed E-state index contributed by atoms with van der Waals surface area (Å²) < 4.78 is 32.7. The van der Waals surface area contributed by atoms with Gasteiger partial charge < -0.3 is 10.1 Å². The normalized spacial score (nSPS) is 15.3. The summed E-state index contributed by atoms with van der Waals surface area (Å²) in [5.41, 5.74) is 1.01. The first-order chi connectivity index (χ1) is 13.9. The Hall–Kier alpha value is -2.38. The molecule has 1 aliphatic carbocycles. The molecule has 1 saturated carbocycles. The van der Waals surface area contributed by atoms with Crippen LogP contribution in [0.15, 0.2) is 53.4 Å². The average molecular weight is 417 g/mol. The van der Waals surface area contributed by atoms with Gasteiger partial charge in [0.15, 0.2) is 0 Å². The summed E-state index contributed by atoms with van der Waals surface area (Å²) in [7, 11) is -1.88. The van der Waals surface area contributed by atoms with E-state index >= 15 is 0 Å². The molecule has 0 spiro atoms. The van der Waals surface area contributed by atoms with Crippen LogP contribution in [0.4, 0.5) is 5.69 Å². The Kier molecular flexibility index (Phi) is 6.92. The smallest absolute Gasteiger partial charge is 0.255 e. The van der Waals surface area contributed by atoms with Crippen LogP contribution in [0, 0.1) is 0 Å². The van der Waals surface area contributed by atoms with E-state index in [4.69, 9.17) is 4.74 Å². The summed E-state index contributed by atoms with van der Waals surface area (Å²) in [5.74, 6) is 0.355. The number of sulfonamides is 1. The minimum absolute atomic E-state index is 0.0609. The molecule has 0 bridgehead atoms. The number of carbonyl (C=O) groups is 1. The third-order valence-electron chi connectivity index (χ3n) is 5.29. The van der Waals surface area contributed by atoms with Crippen LogP contribution in [0.2, 0.25) is 0 Å². The van der Waals surface area contributed by atoms with Crippen molar-refractivity contribution >= 4 is 21.6 Å². The molecule has 0 aliphatic heterocycles. The van der Waals surface area contributed by atoms with Gasteiger partial charge in [0.05, 0.1) is 11.5 Å². The van der Waals surface area contributed by atoms with E-state index in [1.54, 1.807) is 55.6 Å². The summed E-state index contributed by atoms with van der Waals surface area (Å²) in [6.45, 7) is 2.41. The van der Waals surface area contributed by atoms with E-state index in [1.807, 2.05) is 6.92 Å². The van der Waals surface area contributed by atoms with Crippen LogP contribution in [-0.4, -0.2) is 38.3 Å². The number of nitrogens with one attached hydrogen (secondary N) is 1. The zero-order valence-corrected chi connectivity index (χ0v) is 17.7. The van der Waals surface area contributed by atoms with Crippen molar-refractivity contribution in [1.29, 1.82) is 0 Å². The molecule has 156 valence electrons. The van der Waals surface area contributed by atoms with E-state index in [1.165, 1.54) is 10.7 Å². The highest BCUT2D eigenvalue weighted by Crippen LogP contribution is 2.27. The zero-order valence-electron chi connectivity index (χ0n) is 16.9. The third-order valence-corrected chi connectivity index (χ3v) is 7.21. The van der Waals surface area contributed by atoms with Crippen LogP contribution in [0.3, 0.4) is 0 Å². The standard InChI is InChI=1S/C22H28N2O4S/c1-3-28-20-11-7-8-17(16-20)22(25)23-18-12-14-21(15-13-18)29(26,27)24(2)19-9-5-4-6-10-19/h7-8,11-16,19H,3-6,9-10H2,1-2H3,(H,23,25). The number of anilines is 1. The van der Waals surface area contributed by atoms with Crippen LogP contribution < -0.4 is 10.1 Å². The topological polar surface area (TPSA) is 75.7 Å². The van der Waals surface area contributed by atoms with E-state index in [-0.39, 0.29) is 16.8 Å².